The second-order valence-corrected chi connectivity index (χ2v) is 3.36. The Morgan fingerprint density at radius 2 is 2.00 bits per heavy atom. The highest BCUT2D eigenvalue weighted by Gasteiger charge is 2.11. The number of hydrogen-bond donors (Lipinski definition) is 3. The van der Waals surface area contributed by atoms with Crippen LogP contribution in [0, 0.1) is 0 Å². The van der Waals surface area contributed by atoms with Crippen LogP contribution in [0.2, 0.25) is 0 Å². The van der Waals surface area contributed by atoms with Crippen LogP contribution in [0.15, 0.2) is 24.3 Å². The summed E-state index contributed by atoms with van der Waals surface area (Å²) in [5.74, 6) is -0.542. The zero-order valence-corrected chi connectivity index (χ0v) is 10.1. The highest BCUT2D eigenvalue weighted by molar-refractivity contribution is 5.93. The number of hydrogen-bond acceptors (Lipinski definition) is 3. The number of ether oxygens (including phenoxy) is 1. The average molecular weight is 273 g/mol. The lowest BCUT2D eigenvalue weighted by Crippen LogP contribution is -2.37. The molecule has 0 aromatic heterocycles. The van der Waals surface area contributed by atoms with E-state index < -0.39 is 12.6 Å². The van der Waals surface area contributed by atoms with Crippen molar-refractivity contribution in [1.82, 2.24) is 10.6 Å². The molecule has 1 rings (SSSR count). The van der Waals surface area contributed by atoms with Gasteiger partial charge in [0, 0.05) is 7.05 Å². The van der Waals surface area contributed by atoms with Crippen LogP contribution in [-0.2, 0) is 4.79 Å². The van der Waals surface area contributed by atoms with Gasteiger partial charge in [0.25, 0.3) is 0 Å². The number of benzene rings is 1. The van der Waals surface area contributed by atoms with Gasteiger partial charge >= 0.3 is 12.6 Å². The van der Waals surface area contributed by atoms with Crippen LogP contribution >= 0.6 is 0 Å². The molecule has 0 atom stereocenters. The van der Waals surface area contributed by atoms with Gasteiger partial charge in [0.1, 0.15) is 5.75 Å². The maximum atomic E-state index is 12.1. The monoisotopic (exact) mass is 273 g/mol. The lowest BCUT2D eigenvalue weighted by molar-refractivity contribution is -0.119. The summed E-state index contributed by atoms with van der Waals surface area (Å²) in [6.45, 7) is -3.21. The van der Waals surface area contributed by atoms with E-state index in [4.69, 9.17) is 0 Å². The van der Waals surface area contributed by atoms with Gasteiger partial charge in [-0.25, -0.2) is 4.79 Å². The Labute approximate surface area is 108 Å². The Hall–Kier alpha value is -2.38. The first-order chi connectivity index (χ1) is 9.02. The molecular formula is C11H13F2N3O3. The minimum absolute atomic E-state index is 0.0807. The Balaban J connectivity index is 2.61. The molecule has 0 saturated heterocycles. The number of para-hydroxylation sites is 2. The summed E-state index contributed by atoms with van der Waals surface area (Å²) in [5.41, 5.74) is 0.0807. The second-order valence-electron chi connectivity index (χ2n) is 3.36. The summed E-state index contributed by atoms with van der Waals surface area (Å²) in [4.78, 5) is 22.3. The molecule has 0 heterocycles. The fourth-order valence-electron chi connectivity index (χ4n) is 1.18. The predicted octanol–water partition coefficient (Wildman–Crippen LogP) is 1.16. The van der Waals surface area contributed by atoms with E-state index in [0.717, 1.165) is 0 Å². The van der Waals surface area contributed by atoms with Crippen molar-refractivity contribution in [1.29, 1.82) is 0 Å². The first kappa shape index (κ1) is 14.7. The van der Waals surface area contributed by atoms with Crippen molar-refractivity contribution in [2.24, 2.45) is 0 Å². The van der Waals surface area contributed by atoms with Gasteiger partial charge in [0.2, 0.25) is 5.91 Å². The molecule has 0 aliphatic heterocycles. The van der Waals surface area contributed by atoms with Crippen LogP contribution in [0.1, 0.15) is 0 Å². The number of nitrogens with one attached hydrogen (secondary N) is 3. The first-order valence-corrected chi connectivity index (χ1v) is 5.32. The Bertz CT molecular complexity index is 455. The van der Waals surface area contributed by atoms with Crippen molar-refractivity contribution in [2.45, 2.75) is 6.61 Å². The topological polar surface area (TPSA) is 79.5 Å². The van der Waals surface area contributed by atoms with E-state index in [0.29, 0.717) is 0 Å². The normalized spacial score (nSPS) is 9.89. The molecule has 0 spiro atoms. The molecule has 0 aliphatic rings. The molecule has 0 aliphatic carbocycles. The average Bonchev–Trinajstić information content (AvgIpc) is 2.37. The quantitative estimate of drug-likeness (QED) is 0.753. The number of carbonyl (C=O) groups is 2. The van der Waals surface area contributed by atoms with E-state index in [1.807, 2.05) is 0 Å². The van der Waals surface area contributed by atoms with Gasteiger partial charge in [0.05, 0.1) is 12.2 Å². The van der Waals surface area contributed by atoms with Gasteiger partial charge in [-0.1, -0.05) is 12.1 Å². The first-order valence-electron chi connectivity index (χ1n) is 5.32. The molecule has 104 valence electrons. The summed E-state index contributed by atoms with van der Waals surface area (Å²) in [6.07, 6.45) is 0. The van der Waals surface area contributed by atoms with E-state index in [2.05, 4.69) is 20.7 Å². The van der Waals surface area contributed by atoms with Crippen LogP contribution in [-0.4, -0.2) is 32.1 Å². The third-order valence-electron chi connectivity index (χ3n) is 2.04. The molecule has 1 aromatic carbocycles. The van der Waals surface area contributed by atoms with Gasteiger partial charge in [0.15, 0.2) is 0 Å². The van der Waals surface area contributed by atoms with Crippen molar-refractivity contribution in [3.8, 4) is 5.75 Å². The molecule has 6 nitrogen and oxygen atoms in total. The van der Waals surface area contributed by atoms with E-state index >= 15 is 0 Å². The Morgan fingerprint density at radius 3 is 2.63 bits per heavy atom. The van der Waals surface area contributed by atoms with Gasteiger partial charge in [-0.2, -0.15) is 8.78 Å². The minimum atomic E-state index is -2.99. The fourth-order valence-corrected chi connectivity index (χ4v) is 1.18. The zero-order valence-electron chi connectivity index (χ0n) is 10.1. The Kier molecular flexibility index (Phi) is 5.52. The maximum Gasteiger partial charge on any atom is 0.387 e. The van der Waals surface area contributed by atoms with Crippen LogP contribution in [0.4, 0.5) is 19.3 Å². The van der Waals surface area contributed by atoms with Crippen LogP contribution < -0.4 is 20.7 Å². The lowest BCUT2D eigenvalue weighted by atomic mass is 10.3. The molecular weight excluding hydrogens is 260 g/mol. The molecule has 8 heteroatoms. The predicted molar refractivity (Wildman–Crippen MR) is 64.2 cm³/mol. The lowest BCUT2D eigenvalue weighted by Gasteiger charge is -2.12. The van der Waals surface area contributed by atoms with Gasteiger partial charge in [-0.3, -0.25) is 4.79 Å². The number of halogens is 2. The molecule has 0 fully saturated rings. The number of urea groups is 1. The standard InChI is InChI=1S/C11H13F2N3O3/c1-14-9(17)6-15-11(18)16-7-4-2-3-5-8(7)19-10(12)13/h2-5,10H,6H2,1H3,(H,14,17)(H2,15,16,18). The summed E-state index contributed by atoms with van der Waals surface area (Å²) >= 11 is 0. The summed E-state index contributed by atoms with van der Waals surface area (Å²) < 4.78 is 28.5. The highest BCUT2D eigenvalue weighted by atomic mass is 19.3. The Morgan fingerprint density at radius 1 is 1.32 bits per heavy atom. The summed E-state index contributed by atoms with van der Waals surface area (Å²) in [7, 11) is 1.42. The molecule has 0 saturated carbocycles. The van der Waals surface area contributed by atoms with Crippen molar-refractivity contribution in [3.05, 3.63) is 24.3 Å². The molecule has 1 aromatic rings. The number of likely N-dealkylation sites (N-methyl/N-ethyl adjacent to an activating group) is 1. The van der Waals surface area contributed by atoms with Crippen molar-refractivity contribution >= 4 is 17.6 Å². The van der Waals surface area contributed by atoms with Crippen molar-refractivity contribution in [2.75, 3.05) is 18.9 Å². The SMILES string of the molecule is CNC(=O)CNC(=O)Nc1ccccc1OC(F)F. The molecule has 0 unspecified atom stereocenters. The molecule has 3 amide bonds. The van der Waals surface area contributed by atoms with Gasteiger partial charge in [-0.15, -0.1) is 0 Å². The van der Waals surface area contributed by atoms with E-state index in [9.17, 15) is 18.4 Å². The van der Waals surface area contributed by atoms with Crippen LogP contribution in [0.25, 0.3) is 0 Å². The third-order valence-corrected chi connectivity index (χ3v) is 2.04. The molecule has 3 N–H and O–H groups in total. The minimum Gasteiger partial charge on any atom is -0.433 e. The summed E-state index contributed by atoms with van der Waals surface area (Å²) in [6, 6.07) is 5.03. The number of alkyl halides is 2. The molecule has 19 heavy (non-hydrogen) atoms. The van der Waals surface area contributed by atoms with E-state index in [-0.39, 0.29) is 23.9 Å². The maximum absolute atomic E-state index is 12.1. The largest absolute Gasteiger partial charge is 0.433 e. The highest BCUT2D eigenvalue weighted by Crippen LogP contribution is 2.25. The second kappa shape index (κ2) is 7.14. The third kappa shape index (κ3) is 5.19. The molecule has 0 radical (unpaired) electrons. The fraction of sp³-hybridized carbons (Fsp3) is 0.273. The van der Waals surface area contributed by atoms with Crippen molar-refractivity contribution in [3.63, 3.8) is 0 Å². The smallest absolute Gasteiger partial charge is 0.387 e. The number of anilines is 1. The molecule has 0 bridgehead atoms. The van der Waals surface area contributed by atoms with Crippen LogP contribution in [0.3, 0.4) is 0 Å². The van der Waals surface area contributed by atoms with Gasteiger partial charge in [-0.05, 0) is 12.1 Å². The number of rotatable bonds is 5. The van der Waals surface area contributed by atoms with Crippen LogP contribution in [0.5, 0.6) is 5.75 Å². The van der Waals surface area contributed by atoms with Gasteiger partial charge < -0.3 is 20.7 Å². The van der Waals surface area contributed by atoms with Crippen molar-refractivity contribution < 1.29 is 23.1 Å². The zero-order chi connectivity index (χ0) is 14.3. The van der Waals surface area contributed by atoms with E-state index in [1.54, 1.807) is 6.07 Å². The summed E-state index contributed by atoms with van der Waals surface area (Å²) in [5, 5.41) is 6.88. The number of carbonyl (C=O) groups excluding carboxylic acids is 2. The number of amides is 3. The van der Waals surface area contributed by atoms with E-state index in [1.165, 1.54) is 25.2 Å².